The third-order valence-corrected chi connectivity index (χ3v) is 1.70. The Morgan fingerprint density at radius 1 is 1.21 bits per heavy atom. The lowest BCUT2D eigenvalue weighted by Crippen LogP contribution is -2.30. The molecule has 0 fully saturated rings. The van der Waals surface area contributed by atoms with E-state index in [1.54, 1.807) is 0 Å². The van der Waals surface area contributed by atoms with E-state index in [9.17, 15) is 4.57 Å². The van der Waals surface area contributed by atoms with Crippen LogP contribution in [0.3, 0.4) is 0 Å². The Hall–Kier alpha value is -0.140. The van der Waals surface area contributed by atoms with Gasteiger partial charge in [0.25, 0.3) is 0 Å². The van der Waals surface area contributed by atoms with Gasteiger partial charge in [0.05, 0.1) is 0 Å². The molecule has 8 heteroatoms. The van der Waals surface area contributed by atoms with Crippen molar-refractivity contribution in [2.75, 3.05) is 32.7 Å². The van der Waals surface area contributed by atoms with Gasteiger partial charge in [-0.2, -0.15) is 0 Å². The minimum atomic E-state index is -2.14. The number of hydrogen-bond donors (Lipinski definition) is 4. The smallest absolute Gasteiger partial charge is 0.329 e. The molecule has 0 saturated carbocycles. The second kappa shape index (κ2) is 10.9. The van der Waals surface area contributed by atoms with Crippen LogP contribution in [0.25, 0.3) is 0 Å². The Morgan fingerprint density at radius 3 is 2.57 bits per heavy atom. The van der Waals surface area contributed by atoms with Gasteiger partial charge in [-0.1, -0.05) is 6.92 Å². The minimum absolute atomic E-state index is 0.538. The molecule has 0 aliphatic heterocycles. The minimum Gasteiger partial charge on any atom is -0.329 e. The molecule has 0 aromatic carbocycles. The molecule has 0 rings (SSSR count). The van der Waals surface area contributed by atoms with Crippen LogP contribution in [-0.4, -0.2) is 32.7 Å². The summed E-state index contributed by atoms with van der Waals surface area (Å²) in [4.78, 5) is 0. The van der Waals surface area contributed by atoms with E-state index < -0.39 is 8.25 Å². The molecule has 14 heavy (non-hydrogen) atoms. The fourth-order valence-corrected chi connectivity index (χ4v) is 1.07. The first kappa shape index (κ1) is 13.9. The number of nitrogens with two attached hydrogens (primary N) is 1. The first-order valence-electron chi connectivity index (χ1n) is 4.49. The molecular weight excluding hydrogens is 207 g/mol. The topological polar surface area (TPSA) is 97.6 Å². The largest absolute Gasteiger partial charge is 0.735 e. The molecule has 0 aromatic rings. The Kier molecular flexibility index (Phi) is 10.8. The van der Waals surface area contributed by atoms with Crippen molar-refractivity contribution in [2.24, 2.45) is 5.73 Å². The summed E-state index contributed by atoms with van der Waals surface area (Å²) >= 11 is 0. The van der Waals surface area contributed by atoms with Crippen molar-refractivity contribution in [1.82, 2.24) is 16.3 Å². The maximum Gasteiger partial charge on any atom is 0.735 e. The van der Waals surface area contributed by atoms with Crippen LogP contribution in [-0.2, 0) is 13.8 Å². The number of hydrogen-bond acceptors (Lipinski definition) is 7. The van der Waals surface area contributed by atoms with E-state index in [1.807, 2.05) is 6.92 Å². The van der Waals surface area contributed by atoms with Gasteiger partial charge in [-0.3, -0.25) is 0 Å². The van der Waals surface area contributed by atoms with Crippen molar-refractivity contribution < 1.29 is 13.8 Å². The summed E-state index contributed by atoms with van der Waals surface area (Å²) in [5.41, 5.74) is 10.2. The van der Waals surface area contributed by atoms with Crippen molar-refractivity contribution >= 4 is 8.25 Å². The van der Waals surface area contributed by atoms with E-state index in [-0.39, 0.29) is 0 Å². The summed E-state index contributed by atoms with van der Waals surface area (Å²) in [7, 11) is -2.14. The molecule has 0 aliphatic rings. The molecule has 1 unspecified atom stereocenters. The van der Waals surface area contributed by atoms with Crippen molar-refractivity contribution in [2.45, 2.75) is 6.92 Å². The van der Waals surface area contributed by atoms with Crippen LogP contribution in [0.4, 0.5) is 0 Å². The lowest BCUT2D eigenvalue weighted by molar-refractivity contribution is 0.120. The summed E-state index contributed by atoms with van der Waals surface area (Å²) in [6, 6.07) is 0. The van der Waals surface area contributed by atoms with Crippen molar-refractivity contribution in [3.63, 3.8) is 0 Å². The predicted octanol–water partition coefficient (Wildman–Crippen LogP) is -0.746. The number of hydroxylamine groups is 2. The molecule has 84 valence electrons. The fraction of sp³-hybridized carbons (Fsp3) is 1.00. The maximum atomic E-state index is 10.8. The van der Waals surface area contributed by atoms with Crippen LogP contribution in [0.2, 0.25) is 0 Å². The summed E-state index contributed by atoms with van der Waals surface area (Å²) in [6.07, 6.45) is 0. The standard InChI is InChI=1S/C6H18N4O3P/c1-2-9-12-14(11)13-10-6-5-8-4-3-7/h8-10H,2-7H2,1H3/q+1. The molecule has 0 aromatic heterocycles. The lowest BCUT2D eigenvalue weighted by atomic mass is 10.6. The predicted molar refractivity (Wildman–Crippen MR) is 53.4 cm³/mol. The molecule has 5 N–H and O–H groups in total. The van der Waals surface area contributed by atoms with Gasteiger partial charge in [-0.15, -0.1) is 11.0 Å². The Bertz CT molecular complexity index is 149. The van der Waals surface area contributed by atoms with Crippen LogP contribution in [0.15, 0.2) is 0 Å². The van der Waals surface area contributed by atoms with Gasteiger partial charge < -0.3 is 11.1 Å². The van der Waals surface area contributed by atoms with E-state index in [0.29, 0.717) is 26.2 Å². The maximum absolute atomic E-state index is 10.8. The highest BCUT2D eigenvalue weighted by molar-refractivity contribution is 7.33. The first-order valence-corrected chi connectivity index (χ1v) is 5.58. The number of nitrogens with one attached hydrogen (secondary N) is 3. The van der Waals surface area contributed by atoms with E-state index in [0.717, 1.165) is 6.54 Å². The summed E-state index contributed by atoms with van der Waals surface area (Å²) in [5.74, 6) is 0. The third-order valence-electron chi connectivity index (χ3n) is 1.15. The van der Waals surface area contributed by atoms with Gasteiger partial charge in [0, 0.05) is 37.3 Å². The Morgan fingerprint density at radius 2 is 1.93 bits per heavy atom. The molecule has 0 bridgehead atoms. The zero-order chi connectivity index (χ0) is 10.6. The number of rotatable bonds is 10. The van der Waals surface area contributed by atoms with Crippen LogP contribution in [0, 0.1) is 0 Å². The molecule has 1 atom stereocenters. The van der Waals surface area contributed by atoms with E-state index in [1.165, 1.54) is 0 Å². The highest BCUT2D eigenvalue weighted by atomic mass is 31.1. The van der Waals surface area contributed by atoms with E-state index in [4.69, 9.17) is 5.73 Å². The van der Waals surface area contributed by atoms with Gasteiger partial charge in [-0.25, -0.2) is 0 Å². The van der Waals surface area contributed by atoms with Gasteiger partial charge in [-0.05, 0) is 9.25 Å². The zero-order valence-corrected chi connectivity index (χ0v) is 9.18. The molecule has 0 aliphatic carbocycles. The highest BCUT2D eigenvalue weighted by Gasteiger charge is 2.20. The molecule has 7 nitrogen and oxygen atoms in total. The van der Waals surface area contributed by atoms with Gasteiger partial charge in [0.15, 0.2) is 0 Å². The summed E-state index contributed by atoms with van der Waals surface area (Å²) in [5, 5.41) is 3.03. The average molecular weight is 225 g/mol. The van der Waals surface area contributed by atoms with Crippen LogP contribution in [0.5, 0.6) is 0 Å². The summed E-state index contributed by atoms with van der Waals surface area (Å²) < 4.78 is 20.0. The monoisotopic (exact) mass is 225 g/mol. The lowest BCUT2D eigenvalue weighted by Gasteiger charge is -1.99. The van der Waals surface area contributed by atoms with E-state index in [2.05, 4.69) is 25.5 Å². The third kappa shape index (κ3) is 9.94. The molecule has 0 heterocycles. The van der Waals surface area contributed by atoms with Gasteiger partial charge in [0.1, 0.15) is 0 Å². The van der Waals surface area contributed by atoms with Crippen LogP contribution < -0.4 is 22.0 Å². The molecule has 0 amide bonds. The highest BCUT2D eigenvalue weighted by Crippen LogP contribution is 2.18. The quantitative estimate of drug-likeness (QED) is 0.221. The van der Waals surface area contributed by atoms with Crippen molar-refractivity contribution in [3.8, 4) is 0 Å². The van der Waals surface area contributed by atoms with Crippen LogP contribution >= 0.6 is 8.25 Å². The Labute approximate surface area is 84.6 Å². The molecule has 0 radical (unpaired) electrons. The second-order valence-electron chi connectivity index (χ2n) is 2.34. The normalized spacial score (nSPS) is 11.7. The second-order valence-corrected chi connectivity index (χ2v) is 3.15. The van der Waals surface area contributed by atoms with Gasteiger partial charge in [0.2, 0.25) is 0 Å². The zero-order valence-electron chi connectivity index (χ0n) is 8.28. The molecule has 0 saturated heterocycles. The van der Waals surface area contributed by atoms with E-state index >= 15 is 0 Å². The van der Waals surface area contributed by atoms with Crippen LogP contribution in [0.1, 0.15) is 6.92 Å². The summed E-state index contributed by atoms with van der Waals surface area (Å²) in [6.45, 7) is 4.98. The first-order chi connectivity index (χ1) is 6.81. The van der Waals surface area contributed by atoms with Crippen molar-refractivity contribution in [3.05, 3.63) is 0 Å². The fourth-order valence-electron chi connectivity index (χ4n) is 0.601. The van der Waals surface area contributed by atoms with Gasteiger partial charge >= 0.3 is 8.25 Å². The molecule has 0 spiro atoms. The molecular formula is C6H18N4O3P+. The SMILES string of the molecule is CCNO[P+](=O)ONCCNCCN. The van der Waals surface area contributed by atoms with Crippen molar-refractivity contribution in [1.29, 1.82) is 0 Å². The average Bonchev–Trinajstić information content (AvgIpc) is 2.20. The Balaban J connectivity index is 3.07.